The average molecular weight is 309 g/mol. The molecule has 0 N–H and O–H groups in total. The lowest BCUT2D eigenvalue weighted by molar-refractivity contribution is 0.400. The highest BCUT2D eigenvalue weighted by atomic mass is 35.5. The average Bonchev–Trinajstić information content (AvgIpc) is 2.28. The molecule has 20 heavy (non-hydrogen) atoms. The fourth-order valence-electron chi connectivity index (χ4n) is 1.96. The van der Waals surface area contributed by atoms with Crippen molar-refractivity contribution < 1.29 is 0 Å². The van der Waals surface area contributed by atoms with Crippen molar-refractivity contribution in [3.63, 3.8) is 0 Å². The van der Waals surface area contributed by atoms with Gasteiger partial charge in [-0.15, -0.1) is 0 Å². The Morgan fingerprint density at radius 2 is 1.45 bits per heavy atom. The van der Waals surface area contributed by atoms with Crippen LogP contribution in [0.3, 0.4) is 0 Å². The van der Waals surface area contributed by atoms with Crippen molar-refractivity contribution in [3.05, 3.63) is 46.0 Å². The Kier molecular flexibility index (Phi) is 4.36. The molecule has 4 heteroatoms. The lowest BCUT2D eigenvalue weighted by atomic mass is 9.92. The Morgan fingerprint density at radius 3 is 1.90 bits per heavy atom. The summed E-state index contributed by atoms with van der Waals surface area (Å²) in [6.07, 6.45) is 0.737. The normalized spacial score (nSPS) is 11.7. The molecule has 2 aromatic rings. The summed E-state index contributed by atoms with van der Waals surface area (Å²) < 4.78 is 0. The topological polar surface area (TPSA) is 25.8 Å². The number of hydrogen-bond donors (Lipinski definition) is 0. The monoisotopic (exact) mass is 308 g/mol. The molecule has 1 aromatic carbocycles. The van der Waals surface area contributed by atoms with E-state index in [9.17, 15) is 0 Å². The number of rotatable bonds is 2. The van der Waals surface area contributed by atoms with Gasteiger partial charge in [-0.1, -0.05) is 73.8 Å². The summed E-state index contributed by atoms with van der Waals surface area (Å²) in [4.78, 5) is 8.78. The van der Waals surface area contributed by atoms with Gasteiger partial charge in [-0.25, -0.2) is 9.97 Å². The Hall–Kier alpha value is -1.12. The summed E-state index contributed by atoms with van der Waals surface area (Å²) in [5, 5.41) is 0.821. The quantitative estimate of drug-likeness (QED) is 0.699. The van der Waals surface area contributed by atoms with Crippen molar-refractivity contribution in [2.45, 2.75) is 34.1 Å². The SMILES string of the molecule is Cc1ccc(-c2c(Cl)nc(CC(C)(C)C)nc2Cl)cc1. The zero-order valence-corrected chi connectivity index (χ0v) is 13.7. The van der Waals surface area contributed by atoms with Gasteiger partial charge >= 0.3 is 0 Å². The standard InChI is InChI=1S/C16H18Cl2N2/c1-10-5-7-11(8-6-10)13-14(17)19-12(20-15(13)18)9-16(2,3)4/h5-8H,9H2,1-4H3. The van der Waals surface area contributed by atoms with Crippen LogP contribution in [0.5, 0.6) is 0 Å². The second kappa shape index (κ2) is 5.71. The zero-order valence-electron chi connectivity index (χ0n) is 12.2. The number of halogens is 2. The van der Waals surface area contributed by atoms with E-state index in [-0.39, 0.29) is 5.41 Å². The minimum absolute atomic E-state index is 0.0953. The summed E-state index contributed by atoms with van der Waals surface area (Å²) in [7, 11) is 0. The minimum atomic E-state index is 0.0953. The Labute approximate surface area is 130 Å². The van der Waals surface area contributed by atoms with Crippen molar-refractivity contribution in [1.82, 2.24) is 9.97 Å². The van der Waals surface area contributed by atoms with Crippen LogP contribution in [0.2, 0.25) is 10.3 Å². The molecule has 0 atom stereocenters. The molecule has 1 aromatic heterocycles. The lowest BCUT2D eigenvalue weighted by Gasteiger charge is -2.17. The Bertz CT molecular complexity index is 590. The van der Waals surface area contributed by atoms with Gasteiger partial charge in [0, 0.05) is 6.42 Å². The predicted molar refractivity (Wildman–Crippen MR) is 85.4 cm³/mol. The predicted octanol–water partition coefficient (Wildman–Crippen LogP) is 5.35. The summed E-state index contributed by atoms with van der Waals surface area (Å²) in [5.41, 5.74) is 2.92. The van der Waals surface area contributed by atoms with E-state index in [1.54, 1.807) is 0 Å². The van der Waals surface area contributed by atoms with Crippen LogP contribution < -0.4 is 0 Å². The van der Waals surface area contributed by atoms with E-state index in [0.29, 0.717) is 21.7 Å². The van der Waals surface area contributed by atoms with Gasteiger partial charge in [0.05, 0.1) is 5.56 Å². The molecule has 0 aliphatic carbocycles. The molecule has 0 spiro atoms. The summed E-state index contributed by atoms with van der Waals surface area (Å²) in [5.74, 6) is 0.684. The highest BCUT2D eigenvalue weighted by molar-refractivity contribution is 6.37. The molecule has 0 saturated heterocycles. The third-order valence-corrected chi connectivity index (χ3v) is 3.44. The van der Waals surface area contributed by atoms with Gasteiger partial charge in [0.1, 0.15) is 16.1 Å². The zero-order chi connectivity index (χ0) is 14.9. The van der Waals surface area contributed by atoms with Gasteiger partial charge in [0.2, 0.25) is 0 Å². The van der Waals surface area contributed by atoms with Crippen molar-refractivity contribution >= 4 is 23.2 Å². The number of nitrogens with zero attached hydrogens (tertiary/aromatic N) is 2. The molecule has 1 heterocycles. The van der Waals surface area contributed by atoms with E-state index in [1.807, 2.05) is 31.2 Å². The first-order valence-corrected chi connectivity index (χ1v) is 7.31. The molecule has 0 radical (unpaired) electrons. The highest BCUT2D eigenvalue weighted by Crippen LogP contribution is 2.33. The number of aryl methyl sites for hydroxylation is 1. The van der Waals surface area contributed by atoms with Crippen LogP contribution in [0, 0.1) is 12.3 Å². The van der Waals surface area contributed by atoms with E-state index in [0.717, 1.165) is 12.0 Å². The minimum Gasteiger partial charge on any atom is -0.220 e. The highest BCUT2D eigenvalue weighted by Gasteiger charge is 2.18. The van der Waals surface area contributed by atoms with Crippen LogP contribution >= 0.6 is 23.2 Å². The van der Waals surface area contributed by atoms with Gasteiger partial charge in [0.25, 0.3) is 0 Å². The van der Waals surface area contributed by atoms with E-state index in [1.165, 1.54) is 5.56 Å². The molecule has 2 nitrogen and oxygen atoms in total. The van der Waals surface area contributed by atoms with Crippen LogP contribution in [0.15, 0.2) is 24.3 Å². The van der Waals surface area contributed by atoms with Crippen LogP contribution in [-0.4, -0.2) is 9.97 Å². The third kappa shape index (κ3) is 3.71. The first kappa shape index (κ1) is 15.3. The van der Waals surface area contributed by atoms with Crippen LogP contribution in [-0.2, 0) is 6.42 Å². The van der Waals surface area contributed by atoms with Crippen molar-refractivity contribution in [2.24, 2.45) is 5.41 Å². The molecular formula is C16H18Cl2N2. The van der Waals surface area contributed by atoms with Crippen LogP contribution in [0.25, 0.3) is 11.1 Å². The molecule has 106 valence electrons. The largest absolute Gasteiger partial charge is 0.220 e. The lowest BCUT2D eigenvalue weighted by Crippen LogP contribution is -2.12. The summed E-state index contributed by atoms with van der Waals surface area (Å²) in [6, 6.07) is 8.00. The van der Waals surface area contributed by atoms with Crippen LogP contribution in [0.4, 0.5) is 0 Å². The molecule has 0 aliphatic rings. The van der Waals surface area contributed by atoms with Crippen LogP contribution in [0.1, 0.15) is 32.2 Å². The van der Waals surface area contributed by atoms with Crippen molar-refractivity contribution in [1.29, 1.82) is 0 Å². The Morgan fingerprint density at radius 1 is 0.950 bits per heavy atom. The third-order valence-electron chi connectivity index (χ3n) is 2.90. The summed E-state index contributed by atoms with van der Waals surface area (Å²) >= 11 is 12.6. The van der Waals surface area contributed by atoms with Gasteiger partial charge in [-0.2, -0.15) is 0 Å². The van der Waals surface area contributed by atoms with E-state index < -0.39 is 0 Å². The molecule has 0 fully saturated rings. The molecular weight excluding hydrogens is 291 g/mol. The number of hydrogen-bond acceptors (Lipinski definition) is 2. The maximum atomic E-state index is 6.30. The van der Waals surface area contributed by atoms with Crippen molar-refractivity contribution in [2.75, 3.05) is 0 Å². The smallest absolute Gasteiger partial charge is 0.142 e. The van der Waals surface area contributed by atoms with Gasteiger partial charge in [-0.05, 0) is 17.9 Å². The molecule has 0 saturated carbocycles. The summed E-state index contributed by atoms with van der Waals surface area (Å²) in [6.45, 7) is 8.43. The van der Waals surface area contributed by atoms with Crippen molar-refractivity contribution in [3.8, 4) is 11.1 Å². The number of benzene rings is 1. The molecule has 0 amide bonds. The fraction of sp³-hybridized carbons (Fsp3) is 0.375. The Balaban J connectivity index is 2.43. The second-order valence-corrected chi connectivity index (χ2v) is 6.92. The van der Waals surface area contributed by atoms with Gasteiger partial charge < -0.3 is 0 Å². The van der Waals surface area contributed by atoms with Gasteiger partial charge in [0.15, 0.2) is 0 Å². The molecule has 0 unspecified atom stereocenters. The molecule has 0 aliphatic heterocycles. The van der Waals surface area contributed by atoms with Gasteiger partial charge in [-0.3, -0.25) is 0 Å². The van der Waals surface area contributed by atoms with E-state index in [2.05, 4.69) is 30.7 Å². The number of aromatic nitrogens is 2. The van der Waals surface area contributed by atoms with E-state index >= 15 is 0 Å². The first-order chi connectivity index (χ1) is 9.26. The fourth-order valence-corrected chi connectivity index (χ4v) is 2.60. The first-order valence-electron chi connectivity index (χ1n) is 6.55. The maximum absolute atomic E-state index is 6.30. The molecule has 2 rings (SSSR count). The molecule has 0 bridgehead atoms. The second-order valence-electron chi connectivity index (χ2n) is 6.20. The van der Waals surface area contributed by atoms with E-state index in [4.69, 9.17) is 23.2 Å². The maximum Gasteiger partial charge on any atom is 0.142 e.